The standard InChI is InChI=1S/C17H17F3N4O/c18-17(19,20)15-10-22-14(9-23-15)16(25)24-13-5-3-11(4-6-13)12-2-1-7-21-8-12/h3-6,9-10,12,21H,1-2,7-8H2,(H,24,25). The van der Waals surface area contributed by atoms with Crippen molar-refractivity contribution in [3.05, 3.63) is 53.6 Å². The fourth-order valence-electron chi connectivity index (χ4n) is 2.76. The van der Waals surface area contributed by atoms with Crippen LogP contribution in [0.5, 0.6) is 0 Å². The number of anilines is 1. The molecule has 2 N–H and O–H groups in total. The fourth-order valence-corrected chi connectivity index (χ4v) is 2.76. The number of rotatable bonds is 3. The molecular weight excluding hydrogens is 333 g/mol. The van der Waals surface area contributed by atoms with Crippen molar-refractivity contribution >= 4 is 11.6 Å². The third-order valence-corrected chi connectivity index (χ3v) is 4.11. The van der Waals surface area contributed by atoms with Crippen LogP contribution in [0.4, 0.5) is 18.9 Å². The van der Waals surface area contributed by atoms with Crippen LogP contribution >= 0.6 is 0 Å². The lowest BCUT2D eigenvalue weighted by Crippen LogP contribution is -2.28. The number of carbonyl (C=O) groups excluding carboxylic acids is 1. The van der Waals surface area contributed by atoms with Crippen molar-refractivity contribution in [1.82, 2.24) is 15.3 Å². The Morgan fingerprint density at radius 3 is 2.48 bits per heavy atom. The van der Waals surface area contributed by atoms with Crippen molar-refractivity contribution < 1.29 is 18.0 Å². The van der Waals surface area contributed by atoms with Crippen LogP contribution in [0, 0.1) is 0 Å². The van der Waals surface area contributed by atoms with E-state index in [1.54, 1.807) is 12.1 Å². The molecule has 1 aliphatic heterocycles. The molecule has 0 spiro atoms. The van der Waals surface area contributed by atoms with Crippen molar-refractivity contribution in [2.45, 2.75) is 24.9 Å². The molecule has 1 aromatic carbocycles. The molecule has 25 heavy (non-hydrogen) atoms. The minimum atomic E-state index is -4.58. The summed E-state index contributed by atoms with van der Waals surface area (Å²) in [4.78, 5) is 18.8. The quantitative estimate of drug-likeness (QED) is 0.892. The van der Waals surface area contributed by atoms with Crippen molar-refractivity contribution in [2.24, 2.45) is 0 Å². The van der Waals surface area contributed by atoms with E-state index in [2.05, 4.69) is 20.6 Å². The van der Waals surface area contributed by atoms with E-state index in [9.17, 15) is 18.0 Å². The highest BCUT2D eigenvalue weighted by Crippen LogP contribution is 2.27. The number of benzene rings is 1. The van der Waals surface area contributed by atoms with Crippen LogP contribution in [0.15, 0.2) is 36.7 Å². The van der Waals surface area contributed by atoms with Gasteiger partial charge in [0.15, 0.2) is 5.69 Å². The Balaban J connectivity index is 1.64. The molecule has 0 saturated carbocycles. The van der Waals surface area contributed by atoms with Crippen LogP contribution in [0.1, 0.15) is 40.5 Å². The van der Waals surface area contributed by atoms with Gasteiger partial charge in [-0.1, -0.05) is 12.1 Å². The maximum Gasteiger partial charge on any atom is 0.434 e. The Bertz CT molecular complexity index is 723. The van der Waals surface area contributed by atoms with E-state index in [1.165, 1.54) is 5.56 Å². The number of carbonyl (C=O) groups is 1. The number of aromatic nitrogens is 2. The van der Waals surface area contributed by atoms with Gasteiger partial charge in [-0.05, 0) is 43.0 Å². The van der Waals surface area contributed by atoms with Crippen molar-refractivity contribution in [3.8, 4) is 0 Å². The number of amides is 1. The van der Waals surface area contributed by atoms with Crippen molar-refractivity contribution in [3.63, 3.8) is 0 Å². The Kier molecular flexibility index (Phi) is 4.98. The van der Waals surface area contributed by atoms with Gasteiger partial charge in [-0.15, -0.1) is 0 Å². The molecule has 0 radical (unpaired) electrons. The molecule has 3 rings (SSSR count). The molecule has 2 aromatic rings. The summed E-state index contributed by atoms with van der Waals surface area (Å²) in [6.45, 7) is 1.98. The average molecular weight is 350 g/mol. The summed E-state index contributed by atoms with van der Waals surface area (Å²) in [5.41, 5.74) is 0.446. The van der Waals surface area contributed by atoms with E-state index in [4.69, 9.17) is 0 Å². The summed E-state index contributed by atoms with van der Waals surface area (Å²) in [6, 6.07) is 7.45. The van der Waals surface area contributed by atoms with E-state index in [0.717, 1.165) is 32.1 Å². The second kappa shape index (κ2) is 7.18. The first-order chi connectivity index (χ1) is 11.9. The van der Waals surface area contributed by atoms with Gasteiger partial charge in [0.2, 0.25) is 0 Å². The van der Waals surface area contributed by atoms with Gasteiger partial charge in [-0.25, -0.2) is 9.97 Å². The van der Waals surface area contributed by atoms with E-state index in [1.807, 2.05) is 12.1 Å². The molecule has 1 atom stereocenters. The summed E-state index contributed by atoms with van der Waals surface area (Å²) in [5, 5.41) is 5.96. The van der Waals surface area contributed by atoms with Crippen LogP contribution in [-0.4, -0.2) is 29.0 Å². The zero-order chi connectivity index (χ0) is 17.9. The normalized spacial score (nSPS) is 18.0. The molecule has 1 saturated heterocycles. The molecule has 2 heterocycles. The lowest BCUT2D eigenvalue weighted by atomic mass is 9.92. The number of hydrogen-bond acceptors (Lipinski definition) is 4. The average Bonchev–Trinajstić information content (AvgIpc) is 2.62. The van der Waals surface area contributed by atoms with Crippen molar-refractivity contribution in [2.75, 3.05) is 18.4 Å². The maximum atomic E-state index is 12.5. The minimum Gasteiger partial charge on any atom is -0.321 e. The minimum absolute atomic E-state index is 0.173. The Morgan fingerprint density at radius 2 is 1.92 bits per heavy atom. The van der Waals surface area contributed by atoms with Gasteiger partial charge in [-0.3, -0.25) is 4.79 Å². The van der Waals surface area contributed by atoms with Gasteiger partial charge in [0.1, 0.15) is 5.69 Å². The first-order valence-corrected chi connectivity index (χ1v) is 7.95. The Morgan fingerprint density at radius 1 is 1.16 bits per heavy atom. The third kappa shape index (κ3) is 4.33. The number of hydrogen-bond donors (Lipinski definition) is 2. The van der Waals surface area contributed by atoms with Gasteiger partial charge in [0.25, 0.3) is 5.91 Å². The predicted octanol–water partition coefficient (Wildman–Crippen LogP) is 3.21. The summed E-state index contributed by atoms with van der Waals surface area (Å²) in [5.74, 6) is -0.146. The highest BCUT2D eigenvalue weighted by Gasteiger charge is 2.33. The predicted molar refractivity (Wildman–Crippen MR) is 86.3 cm³/mol. The fraction of sp³-hybridized carbons (Fsp3) is 0.353. The lowest BCUT2D eigenvalue weighted by Gasteiger charge is -2.23. The highest BCUT2D eigenvalue weighted by atomic mass is 19.4. The number of alkyl halides is 3. The second-order valence-corrected chi connectivity index (χ2v) is 5.90. The maximum absolute atomic E-state index is 12.5. The molecule has 5 nitrogen and oxygen atoms in total. The Labute approximate surface area is 142 Å². The van der Waals surface area contributed by atoms with E-state index >= 15 is 0 Å². The topological polar surface area (TPSA) is 66.9 Å². The third-order valence-electron chi connectivity index (χ3n) is 4.11. The zero-order valence-electron chi connectivity index (χ0n) is 13.3. The van der Waals surface area contributed by atoms with Gasteiger partial charge < -0.3 is 10.6 Å². The van der Waals surface area contributed by atoms with Crippen LogP contribution < -0.4 is 10.6 Å². The molecule has 1 aliphatic rings. The van der Waals surface area contributed by atoms with Crippen LogP contribution in [0.3, 0.4) is 0 Å². The van der Waals surface area contributed by atoms with E-state index in [0.29, 0.717) is 17.8 Å². The van der Waals surface area contributed by atoms with Gasteiger partial charge >= 0.3 is 6.18 Å². The number of piperidine rings is 1. The summed E-state index contributed by atoms with van der Waals surface area (Å²) < 4.78 is 37.4. The zero-order valence-corrected chi connectivity index (χ0v) is 13.3. The lowest BCUT2D eigenvalue weighted by molar-refractivity contribution is -0.141. The Hall–Kier alpha value is -2.48. The summed E-state index contributed by atoms with van der Waals surface area (Å²) in [7, 11) is 0. The SMILES string of the molecule is O=C(Nc1ccc(C2CCCNC2)cc1)c1cnc(C(F)(F)F)cn1. The van der Waals surface area contributed by atoms with E-state index < -0.39 is 17.8 Å². The van der Waals surface area contributed by atoms with Gasteiger partial charge in [-0.2, -0.15) is 13.2 Å². The largest absolute Gasteiger partial charge is 0.434 e. The van der Waals surface area contributed by atoms with Crippen LogP contribution in [0.2, 0.25) is 0 Å². The molecule has 0 aliphatic carbocycles. The first-order valence-electron chi connectivity index (χ1n) is 7.95. The second-order valence-electron chi connectivity index (χ2n) is 5.90. The number of nitrogens with zero attached hydrogens (tertiary/aromatic N) is 2. The molecule has 1 unspecified atom stereocenters. The first kappa shape index (κ1) is 17.3. The van der Waals surface area contributed by atoms with Crippen molar-refractivity contribution in [1.29, 1.82) is 0 Å². The smallest absolute Gasteiger partial charge is 0.321 e. The molecular formula is C17H17F3N4O. The molecule has 1 amide bonds. The molecule has 0 bridgehead atoms. The van der Waals surface area contributed by atoms with Gasteiger partial charge in [0, 0.05) is 12.2 Å². The molecule has 1 aromatic heterocycles. The highest BCUT2D eigenvalue weighted by molar-refractivity contribution is 6.02. The van der Waals surface area contributed by atoms with Crippen LogP contribution in [-0.2, 0) is 6.18 Å². The molecule has 8 heteroatoms. The summed E-state index contributed by atoms with van der Waals surface area (Å²) >= 11 is 0. The van der Waals surface area contributed by atoms with Crippen LogP contribution in [0.25, 0.3) is 0 Å². The van der Waals surface area contributed by atoms with Gasteiger partial charge in [0.05, 0.1) is 12.4 Å². The van der Waals surface area contributed by atoms with E-state index in [-0.39, 0.29) is 5.69 Å². The molecule has 1 fully saturated rings. The summed E-state index contributed by atoms with van der Waals surface area (Å²) in [6.07, 6.45) is -0.949. The number of halogens is 3. The number of nitrogens with one attached hydrogen (secondary N) is 2. The monoisotopic (exact) mass is 350 g/mol. The molecule has 132 valence electrons.